The Morgan fingerprint density at radius 1 is 1.39 bits per heavy atom. The van der Waals surface area contributed by atoms with Crippen LogP contribution in [0.15, 0.2) is 6.20 Å². The molecule has 2 heterocycles. The SMILES string of the molecule is CC(C)CCCNc1nc(N)c2cnn(C)c2n1. The van der Waals surface area contributed by atoms with Crippen LogP contribution in [0.1, 0.15) is 26.7 Å². The first kappa shape index (κ1) is 12.6. The van der Waals surface area contributed by atoms with Gasteiger partial charge in [-0.2, -0.15) is 15.1 Å². The molecule has 6 nitrogen and oxygen atoms in total. The van der Waals surface area contributed by atoms with Crippen molar-refractivity contribution in [3.8, 4) is 0 Å². The summed E-state index contributed by atoms with van der Waals surface area (Å²) in [5, 5.41) is 8.13. The molecule has 98 valence electrons. The molecule has 0 aliphatic heterocycles. The fraction of sp³-hybridized carbons (Fsp3) is 0.583. The molecule has 6 heteroatoms. The van der Waals surface area contributed by atoms with E-state index in [1.165, 1.54) is 6.42 Å². The fourth-order valence-corrected chi connectivity index (χ4v) is 1.83. The van der Waals surface area contributed by atoms with E-state index in [9.17, 15) is 0 Å². The van der Waals surface area contributed by atoms with Crippen molar-refractivity contribution in [2.45, 2.75) is 26.7 Å². The Bertz CT molecular complexity index is 531. The predicted octanol–water partition coefficient (Wildman–Crippen LogP) is 1.79. The highest BCUT2D eigenvalue weighted by atomic mass is 15.3. The number of nitrogens with zero attached hydrogens (tertiary/aromatic N) is 4. The number of nitrogen functional groups attached to an aromatic ring is 1. The van der Waals surface area contributed by atoms with Gasteiger partial charge in [0.05, 0.1) is 11.6 Å². The van der Waals surface area contributed by atoms with Crippen molar-refractivity contribution in [1.82, 2.24) is 19.7 Å². The zero-order valence-corrected chi connectivity index (χ0v) is 11.1. The first-order valence-corrected chi connectivity index (χ1v) is 6.27. The van der Waals surface area contributed by atoms with Gasteiger partial charge in [-0.05, 0) is 18.8 Å². The van der Waals surface area contributed by atoms with E-state index in [4.69, 9.17) is 5.73 Å². The van der Waals surface area contributed by atoms with Crippen LogP contribution >= 0.6 is 0 Å². The Kier molecular flexibility index (Phi) is 3.64. The summed E-state index contributed by atoms with van der Waals surface area (Å²) in [5.74, 6) is 1.77. The van der Waals surface area contributed by atoms with Crippen LogP contribution in [-0.2, 0) is 7.05 Å². The Hall–Kier alpha value is -1.85. The summed E-state index contributed by atoms with van der Waals surface area (Å²) < 4.78 is 1.70. The maximum absolute atomic E-state index is 5.88. The van der Waals surface area contributed by atoms with E-state index in [1.807, 2.05) is 7.05 Å². The van der Waals surface area contributed by atoms with Crippen LogP contribution in [0.5, 0.6) is 0 Å². The highest BCUT2D eigenvalue weighted by Gasteiger charge is 2.08. The average Bonchev–Trinajstić information content (AvgIpc) is 2.67. The Balaban J connectivity index is 2.07. The van der Waals surface area contributed by atoms with Gasteiger partial charge in [0, 0.05) is 13.6 Å². The molecule has 0 fully saturated rings. The first-order chi connectivity index (χ1) is 8.58. The number of nitrogens with two attached hydrogens (primary N) is 1. The summed E-state index contributed by atoms with van der Waals surface area (Å²) >= 11 is 0. The van der Waals surface area contributed by atoms with Gasteiger partial charge >= 0.3 is 0 Å². The lowest BCUT2D eigenvalue weighted by molar-refractivity contribution is 0.566. The van der Waals surface area contributed by atoms with Crippen molar-refractivity contribution in [2.75, 3.05) is 17.6 Å². The summed E-state index contributed by atoms with van der Waals surface area (Å²) in [6.07, 6.45) is 3.98. The zero-order chi connectivity index (χ0) is 13.1. The van der Waals surface area contributed by atoms with Crippen molar-refractivity contribution in [1.29, 1.82) is 0 Å². The molecule has 2 aromatic rings. The molecule has 0 atom stereocenters. The molecule has 0 spiro atoms. The third-order valence-electron chi connectivity index (χ3n) is 2.86. The maximum atomic E-state index is 5.88. The first-order valence-electron chi connectivity index (χ1n) is 6.27. The number of hydrogen-bond donors (Lipinski definition) is 2. The molecular weight excluding hydrogens is 228 g/mol. The van der Waals surface area contributed by atoms with E-state index in [0.717, 1.165) is 29.9 Å². The van der Waals surface area contributed by atoms with Crippen LogP contribution in [0.4, 0.5) is 11.8 Å². The molecule has 0 aliphatic carbocycles. The molecule has 3 N–H and O–H groups in total. The van der Waals surface area contributed by atoms with Crippen molar-refractivity contribution in [2.24, 2.45) is 13.0 Å². The van der Waals surface area contributed by atoms with E-state index in [-0.39, 0.29) is 0 Å². The fourth-order valence-electron chi connectivity index (χ4n) is 1.83. The minimum absolute atomic E-state index is 0.472. The summed E-state index contributed by atoms with van der Waals surface area (Å²) in [7, 11) is 1.84. The molecule has 0 amide bonds. The van der Waals surface area contributed by atoms with Gasteiger partial charge in [-0.25, -0.2) is 0 Å². The van der Waals surface area contributed by atoms with Gasteiger partial charge in [0.25, 0.3) is 0 Å². The molecule has 0 saturated heterocycles. The van der Waals surface area contributed by atoms with E-state index in [0.29, 0.717) is 11.8 Å². The molecule has 18 heavy (non-hydrogen) atoms. The summed E-state index contributed by atoms with van der Waals surface area (Å²) in [6.45, 7) is 5.30. The molecule has 2 rings (SSSR count). The molecule has 0 bridgehead atoms. The molecular formula is C12H20N6. The van der Waals surface area contributed by atoms with Gasteiger partial charge in [-0.1, -0.05) is 13.8 Å². The normalized spacial score (nSPS) is 11.3. The number of fused-ring (bicyclic) bond motifs is 1. The van der Waals surface area contributed by atoms with E-state index < -0.39 is 0 Å². The van der Waals surface area contributed by atoms with E-state index >= 15 is 0 Å². The van der Waals surface area contributed by atoms with Crippen LogP contribution in [0.3, 0.4) is 0 Å². The van der Waals surface area contributed by atoms with Crippen LogP contribution < -0.4 is 11.1 Å². The van der Waals surface area contributed by atoms with Gasteiger partial charge in [0.2, 0.25) is 5.95 Å². The van der Waals surface area contributed by atoms with Gasteiger partial charge < -0.3 is 11.1 Å². The number of anilines is 2. The highest BCUT2D eigenvalue weighted by Crippen LogP contribution is 2.18. The van der Waals surface area contributed by atoms with Gasteiger partial charge in [0.1, 0.15) is 5.82 Å². The Labute approximate surface area is 107 Å². The van der Waals surface area contributed by atoms with Crippen molar-refractivity contribution >= 4 is 22.8 Å². The van der Waals surface area contributed by atoms with E-state index in [2.05, 4.69) is 34.2 Å². The number of aromatic nitrogens is 4. The van der Waals surface area contributed by atoms with Crippen molar-refractivity contribution in [3.63, 3.8) is 0 Å². The zero-order valence-electron chi connectivity index (χ0n) is 11.1. The van der Waals surface area contributed by atoms with Crippen molar-refractivity contribution < 1.29 is 0 Å². The highest BCUT2D eigenvalue weighted by molar-refractivity contribution is 5.86. The summed E-state index contributed by atoms with van der Waals surface area (Å²) in [4.78, 5) is 8.64. The molecule has 0 aliphatic rings. The smallest absolute Gasteiger partial charge is 0.226 e. The summed E-state index contributed by atoms with van der Waals surface area (Å²) in [6, 6.07) is 0. The lowest BCUT2D eigenvalue weighted by Gasteiger charge is -2.07. The van der Waals surface area contributed by atoms with Crippen molar-refractivity contribution in [3.05, 3.63) is 6.20 Å². The van der Waals surface area contributed by atoms with Gasteiger partial charge in [-0.3, -0.25) is 4.68 Å². The Morgan fingerprint density at radius 2 is 2.17 bits per heavy atom. The third kappa shape index (κ3) is 2.69. The van der Waals surface area contributed by atoms with E-state index in [1.54, 1.807) is 10.9 Å². The minimum atomic E-state index is 0.472. The average molecular weight is 248 g/mol. The second-order valence-corrected chi connectivity index (χ2v) is 4.90. The van der Waals surface area contributed by atoms with Crippen LogP contribution in [0.25, 0.3) is 11.0 Å². The lowest BCUT2D eigenvalue weighted by atomic mass is 10.1. The molecule has 2 aromatic heterocycles. The number of hydrogen-bond acceptors (Lipinski definition) is 5. The van der Waals surface area contributed by atoms with Crippen LogP contribution in [0, 0.1) is 5.92 Å². The predicted molar refractivity (Wildman–Crippen MR) is 73.3 cm³/mol. The maximum Gasteiger partial charge on any atom is 0.226 e. The number of nitrogens with one attached hydrogen (secondary N) is 1. The lowest BCUT2D eigenvalue weighted by Crippen LogP contribution is -2.08. The summed E-state index contributed by atoms with van der Waals surface area (Å²) in [5.41, 5.74) is 6.64. The van der Waals surface area contributed by atoms with Crippen LogP contribution in [-0.4, -0.2) is 26.3 Å². The van der Waals surface area contributed by atoms with Gasteiger partial charge in [-0.15, -0.1) is 0 Å². The largest absolute Gasteiger partial charge is 0.383 e. The number of aryl methyl sites for hydroxylation is 1. The van der Waals surface area contributed by atoms with Gasteiger partial charge in [0.15, 0.2) is 5.65 Å². The second kappa shape index (κ2) is 5.20. The monoisotopic (exact) mass is 248 g/mol. The molecule has 0 aromatic carbocycles. The molecule has 0 radical (unpaired) electrons. The quantitative estimate of drug-likeness (QED) is 0.788. The Morgan fingerprint density at radius 3 is 2.89 bits per heavy atom. The topological polar surface area (TPSA) is 81.6 Å². The van der Waals surface area contributed by atoms with Crippen LogP contribution in [0.2, 0.25) is 0 Å². The molecule has 0 unspecified atom stereocenters. The number of rotatable bonds is 5. The minimum Gasteiger partial charge on any atom is -0.383 e. The molecule has 0 saturated carbocycles. The standard InChI is InChI=1S/C12H20N6/c1-8(2)5-4-6-14-12-16-10(13)9-7-15-18(3)11(9)17-12/h7-8H,4-6H2,1-3H3,(H3,13,14,16,17). The second-order valence-electron chi connectivity index (χ2n) is 4.90. The third-order valence-corrected chi connectivity index (χ3v) is 2.86.